The van der Waals surface area contributed by atoms with Crippen molar-refractivity contribution in [2.75, 3.05) is 6.54 Å². The van der Waals surface area contributed by atoms with Gasteiger partial charge in [0.25, 0.3) is 0 Å². The Hall–Kier alpha value is -1.16. The van der Waals surface area contributed by atoms with Crippen molar-refractivity contribution in [3.05, 3.63) is 34.3 Å². The van der Waals surface area contributed by atoms with Crippen molar-refractivity contribution in [2.24, 2.45) is 0 Å². The van der Waals surface area contributed by atoms with Crippen LogP contribution in [-0.2, 0) is 16.1 Å². The van der Waals surface area contributed by atoms with E-state index in [1.807, 2.05) is 24.3 Å². The molecule has 3 nitrogen and oxygen atoms in total. The third kappa shape index (κ3) is 3.16. The quantitative estimate of drug-likeness (QED) is 0.841. The van der Waals surface area contributed by atoms with Crippen LogP contribution in [0.1, 0.15) is 24.8 Å². The Morgan fingerprint density at radius 3 is 2.65 bits per heavy atom. The number of carbonyl (C=O) groups excluding carboxylic acids is 2. The zero-order chi connectivity index (χ0) is 12.3. The van der Waals surface area contributed by atoms with E-state index >= 15 is 0 Å². The third-order valence-electron chi connectivity index (χ3n) is 2.95. The van der Waals surface area contributed by atoms with Gasteiger partial charge in [0.15, 0.2) is 0 Å². The molecule has 0 aromatic heterocycles. The van der Waals surface area contributed by atoms with Crippen LogP contribution in [0.4, 0.5) is 0 Å². The van der Waals surface area contributed by atoms with Crippen LogP contribution in [0.3, 0.4) is 0 Å². The molecule has 90 valence electrons. The van der Waals surface area contributed by atoms with E-state index < -0.39 is 0 Å². The summed E-state index contributed by atoms with van der Waals surface area (Å²) in [5.41, 5.74) is 1.08. The minimum Gasteiger partial charge on any atom is -0.338 e. The number of amides is 1. The van der Waals surface area contributed by atoms with Crippen molar-refractivity contribution >= 4 is 27.6 Å². The molecule has 1 fully saturated rings. The number of nitrogens with zero attached hydrogens (tertiary/aromatic N) is 1. The molecule has 17 heavy (non-hydrogen) atoms. The molecule has 0 spiro atoms. The van der Waals surface area contributed by atoms with Gasteiger partial charge in [-0.15, -0.1) is 0 Å². The lowest BCUT2D eigenvalue weighted by atomic mass is 10.2. The van der Waals surface area contributed by atoms with Crippen LogP contribution >= 0.6 is 15.9 Å². The van der Waals surface area contributed by atoms with Gasteiger partial charge in [0, 0.05) is 36.8 Å². The molecule has 1 saturated heterocycles. The number of ketones is 1. The largest absolute Gasteiger partial charge is 0.338 e. The number of hydrogen-bond donors (Lipinski definition) is 0. The zero-order valence-electron chi connectivity index (χ0n) is 9.49. The Bertz CT molecular complexity index is 445. The second-order valence-corrected chi connectivity index (χ2v) is 5.05. The summed E-state index contributed by atoms with van der Waals surface area (Å²) < 4.78 is 1.00. The summed E-state index contributed by atoms with van der Waals surface area (Å²) in [6.07, 6.45) is 1.23. The SMILES string of the molecule is O=C1CCC(=O)N(Cc2ccccc2Br)CC1. The topological polar surface area (TPSA) is 37.4 Å². The molecule has 1 aromatic carbocycles. The normalized spacial score (nSPS) is 17.1. The Balaban J connectivity index is 2.10. The second kappa shape index (κ2) is 5.45. The first-order chi connectivity index (χ1) is 8.16. The lowest BCUT2D eigenvalue weighted by Crippen LogP contribution is -2.29. The molecule has 1 aromatic rings. The molecule has 0 saturated carbocycles. The molecular formula is C13H14BrNO2. The smallest absolute Gasteiger partial charge is 0.223 e. The summed E-state index contributed by atoms with van der Waals surface area (Å²) in [4.78, 5) is 24.9. The van der Waals surface area contributed by atoms with E-state index in [9.17, 15) is 9.59 Å². The predicted molar refractivity (Wildman–Crippen MR) is 68.4 cm³/mol. The highest BCUT2D eigenvalue weighted by Crippen LogP contribution is 2.19. The van der Waals surface area contributed by atoms with E-state index in [-0.39, 0.29) is 11.7 Å². The van der Waals surface area contributed by atoms with Crippen LogP contribution in [0.2, 0.25) is 0 Å². The summed E-state index contributed by atoms with van der Waals surface area (Å²) in [5, 5.41) is 0. The molecule has 2 rings (SSSR count). The molecule has 0 N–H and O–H groups in total. The summed E-state index contributed by atoms with van der Waals surface area (Å²) in [5.74, 6) is 0.264. The summed E-state index contributed by atoms with van der Waals surface area (Å²) in [6.45, 7) is 1.12. The van der Waals surface area contributed by atoms with Crippen molar-refractivity contribution in [2.45, 2.75) is 25.8 Å². The lowest BCUT2D eigenvalue weighted by Gasteiger charge is -2.20. The molecule has 0 aliphatic carbocycles. The zero-order valence-corrected chi connectivity index (χ0v) is 11.1. The van der Waals surface area contributed by atoms with Crippen LogP contribution in [-0.4, -0.2) is 23.1 Å². The highest BCUT2D eigenvalue weighted by molar-refractivity contribution is 9.10. The van der Waals surface area contributed by atoms with Crippen molar-refractivity contribution < 1.29 is 9.59 Å². The summed E-state index contributed by atoms with van der Waals surface area (Å²) in [6, 6.07) is 7.85. The first-order valence-corrected chi connectivity index (χ1v) is 6.49. The Labute approximate surface area is 109 Å². The van der Waals surface area contributed by atoms with E-state index in [0.29, 0.717) is 32.4 Å². The Morgan fingerprint density at radius 2 is 1.88 bits per heavy atom. The maximum atomic E-state index is 11.8. The van der Waals surface area contributed by atoms with Crippen LogP contribution in [0.5, 0.6) is 0 Å². The maximum absolute atomic E-state index is 11.8. The van der Waals surface area contributed by atoms with E-state index in [1.165, 1.54) is 0 Å². The number of halogens is 1. The van der Waals surface area contributed by atoms with E-state index in [0.717, 1.165) is 10.0 Å². The number of carbonyl (C=O) groups is 2. The molecule has 0 radical (unpaired) electrons. The molecule has 1 amide bonds. The average Bonchev–Trinajstić information content (AvgIpc) is 2.47. The van der Waals surface area contributed by atoms with Gasteiger partial charge in [-0.2, -0.15) is 0 Å². The molecule has 0 bridgehead atoms. The second-order valence-electron chi connectivity index (χ2n) is 4.20. The molecule has 1 aliphatic heterocycles. The molecule has 1 aliphatic rings. The van der Waals surface area contributed by atoms with Crippen molar-refractivity contribution in [3.63, 3.8) is 0 Å². The molecule has 0 unspecified atom stereocenters. The van der Waals surface area contributed by atoms with Gasteiger partial charge in [0.1, 0.15) is 5.78 Å². The average molecular weight is 296 g/mol. The molecular weight excluding hydrogens is 282 g/mol. The fourth-order valence-electron chi connectivity index (χ4n) is 1.91. The van der Waals surface area contributed by atoms with E-state index in [4.69, 9.17) is 0 Å². The minimum absolute atomic E-state index is 0.0756. The highest BCUT2D eigenvalue weighted by Gasteiger charge is 2.20. The Morgan fingerprint density at radius 1 is 1.12 bits per heavy atom. The van der Waals surface area contributed by atoms with Gasteiger partial charge >= 0.3 is 0 Å². The van der Waals surface area contributed by atoms with Gasteiger partial charge in [0.05, 0.1) is 0 Å². The number of Topliss-reactive ketones (excluding diaryl/α,β-unsaturated/α-hetero) is 1. The number of benzene rings is 1. The number of rotatable bonds is 2. The number of hydrogen-bond acceptors (Lipinski definition) is 2. The maximum Gasteiger partial charge on any atom is 0.223 e. The van der Waals surface area contributed by atoms with Gasteiger partial charge in [-0.05, 0) is 11.6 Å². The van der Waals surface area contributed by atoms with Crippen LogP contribution < -0.4 is 0 Å². The van der Waals surface area contributed by atoms with Gasteiger partial charge in [-0.1, -0.05) is 34.1 Å². The standard InChI is InChI=1S/C13H14BrNO2/c14-12-4-2-1-3-10(12)9-15-8-7-11(16)5-6-13(15)17/h1-4H,5-9H2. The van der Waals surface area contributed by atoms with Crippen molar-refractivity contribution in [3.8, 4) is 0 Å². The first kappa shape index (κ1) is 12.3. The van der Waals surface area contributed by atoms with E-state index in [2.05, 4.69) is 15.9 Å². The van der Waals surface area contributed by atoms with Gasteiger partial charge in [0.2, 0.25) is 5.91 Å². The molecule has 4 heteroatoms. The Kier molecular flexibility index (Phi) is 3.94. The van der Waals surface area contributed by atoms with Crippen LogP contribution in [0.15, 0.2) is 28.7 Å². The van der Waals surface area contributed by atoms with Gasteiger partial charge in [-0.25, -0.2) is 0 Å². The fourth-order valence-corrected chi connectivity index (χ4v) is 2.32. The van der Waals surface area contributed by atoms with Crippen molar-refractivity contribution in [1.29, 1.82) is 0 Å². The molecule has 0 atom stereocenters. The summed E-state index contributed by atoms with van der Waals surface area (Å²) >= 11 is 3.47. The fraction of sp³-hybridized carbons (Fsp3) is 0.385. The van der Waals surface area contributed by atoms with Crippen molar-refractivity contribution in [1.82, 2.24) is 4.90 Å². The third-order valence-corrected chi connectivity index (χ3v) is 3.72. The number of likely N-dealkylation sites (tertiary alicyclic amines) is 1. The summed E-state index contributed by atoms with van der Waals surface area (Å²) in [7, 11) is 0. The minimum atomic E-state index is 0.0756. The monoisotopic (exact) mass is 295 g/mol. The van der Waals surface area contributed by atoms with E-state index in [1.54, 1.807) is 4.90 Å². The first-order valence-electron chi connectivity index (χ1n) is 5.69. The predicted octanol–water partition coefficient (Wildman–Crippen LogP) is 2.53. The van der Waals surface area contributed by atoms with Crippen LogP contribution in [0, 0.1) is 0 Å². The van der Waals surface area contributed by atoms with Gasteiger partial charge in [-0.3, -0.25) is 9.59 Å². The van der Waals surface area contributed by atoms with Gasteiger partial charge < -0.3 is 4.90 Å². The van der Waals surface area contributed by atoms with Crippen LogP contribution in [0.25, 0.3) is 0 Å². The highest BCUT2D eigenvalue weighted by atomic mass is 79.9. The lowest BCUT2D eigenvalue weighted by molar-refractivity contribution is -0.131. The molecule has 1 heterocycles.